The molecule has 4 nitrogen and oxygen atoms in total. The van der Waals surface area contributed by atoms with Crippen LogP contribution in [0.25, 0.3) is 10.9 Å². The lowest BCUT2D eigenvalue weighted by atomic mass is 10.0. The highest BCUT2D eigenvalue weighted by atomic mass is 16.5. The standard InChI is InChI=1S/C15H19N3O/c1-10-11(6-7-19-10)8-18-15-12-4-2-3-5-14(12)17-9-13(15)16/h2-5,9-11H,6-8,16H2,1H3,(H,17,18). The van der Waals surface area contributed by atoms with Gasteiger partial charge in [-0.25, -0.2) is 0 Å². The molecule has 1 aromatic carbocycles. The predicted molar refractivity (Wildman–Crippen MR) is 78.2 cm³/mol. The van der Waals surface area contributed by atoms with Gasteiger partial charge in [0.25, 0.3) is 0 Å². The van der Waals surface area contributed by atoms with Crippen molar-refractivity contribution in [3.05, 3.63) is 30.5 Å². The van der Waals surface area contributed by atoms with Gasteiger partial charge in [-0.05, 0) is 19.4 Å². The number of ether oxygens (including phenoxy) is 1. The number of hydrogen-bond donors (Lipinski definition) is 2. The van der Waals surface area contributed by atoms with Crippen molar-refractivity contribution in [1.82, 2.24) is 4.98 Å². The number of hydrogen-bond acceptors (Lipinski definition) is 4. The van der Waals surface area contributed by atoms with Crippen LogP contribution in [0, 0.1) is 5.92 Å². The maximum absolute atomic E-state index is 6.05. The first-order chi connectivity index (χ1) is 9.25. The smallest absolute Gasteiger partial charge is 0.0743 e. The maximum atomic E-state index is 6.05. The Kier molecular flexibility index (Phi) is 3.25. The SMILES string of the molecule is CC1OCCC1CNc1c(N)cnc2ccccc12. The number of nitrogens with zero attached hydrogens (tertiary/aromatic N) is 1. The Hall–Kier alpha value is -1.81. The highest BCUT2D eigenvalue weighted by Crippen LogP contribution is 2.29. The number of fused-ring (bicyclic) bond motifs is 1. The summed E-state index contributed by atoms with van der Waals surface area (Å²) < 4.78 is 5.59. The van der Waals surface area contributed by atoms with Gasteiger partial charge in [0.15, 0.2) is 0 Å². The van der Waals surface area contributed by atoms with Crippen LogP contribution in [-0.4, -0.2) is 24.2 Å². The van der Waals surface area contributed by atoms with Crippen molar-refractivity contribution in [3.63, 3.8) is 0 Å². The van der Waals surface area contributed by atoms with Crippen LogP contribution >= 0.6 is 0 Å². The first-order valence-electron chi connectivity index (χ1n) is 6.74. The topological polar surface area (TPSA) is 60.2 Å². The van der Waals surface area contributed by atoms with Crippen molar-refractivity contribution in [2.75, 3.05) is 24.2 Å². The normalized spacial score (nSPS) is 22.8. The molecule has 0 spiro atoms. The molecule has 1 aliphatic heterocycles. The van der Waals surface area contributed by atoms with Crippen LogP contribution in [0.5, 0.6) is 0 Å². The van der Waals surface area contributed by atoms with Crippen LogP contribution in [0.2, 0.25) is 0 Å². The highest BCUT2D eigenvalue weighted by molar-refractivity contribution is 5.96. The van der Waals surface area contributed by atoms with Crippen molar-refractivity contribution in [2.45, 2.75) is 19.4 Å². The third kappa shape index (κ3) is 2.36. The summed E-state index contributed by atoms with van der Waals surface area (Å²) in [5.41, 5.74) is 8.71. The molecule has 0 amide bonds. The molecule has 3 N–H and O–H groups in total. The van der Waals surface area contributed by atoms with Gasteiger partial charge in [0, 0.05) is 24.5 Å². The summed E-state index contributed by atoms with van der Waals surface area (Å²) in [6, 6.07) is 8.05. The van der Waals surface area contributed by atoms with Crippen molar-refractivity contribution in [3.8, 4) is 0 Å². The number of nitrogens with one attached hydrogen (secondary N) is 1. The molecule has 2 unspecified atom stereocenters. The van der Waals surface area contributed by atoms with E-state index in [-0.39, 0.29) is 0 Å². The van der Waals surface area contributed by atoms with Gasteiger partial charge >= 0.3 is 0 Å². The molecule has 1 aromatic heterocycles. The van der Waals surface area contributed by atoms with Gasteiger partial charge in [-0.1, -0.05) is 18.2 Å². The maximum Gasteiger partial charge on any atom is 0.0743 e. The average molecular weight is 257 g/mol. The lowest BCUT2D eigenvalue weighted by Crippen LogP contribution is -2.21. The molecular weight excluding hydrogens is 238 g/mol. The zero-order valence-corrected chi connectivity index (χ0v) is 11.1. The summed E-state index contributed by atoms with van der Waals surface area (Å²) >= 11 is 0. The van der Waals surface area contributed by atoms with Crippen molar-refractivity contribution in [1.29, 1.82) is 0 Å². The minimum atomic E-state index is 0.321. The lowest BCUT2D eigenvalue weighted by Gasteiger charge is -2.17. The van der Waals surface area contributed by atoms with Gasteiger partial charge < -0.3 is 15.8 Å². The fourth-order valence-electron chi connectivity index (χ4n) is 2.63. The number of anilines is 2. The largest absolute Gasteiger partial charge is 0.396 e. The highest BCUT2D eigenvalue weighted by Gasteiger charge is 2.24. The summed E-state index contributed by atoms with van der Waals surface area (Å²) in [7, 11) is 0. The number of para-hydroxylation sites is 1. The monoisotopic (exact) mass is 257 g/mol. The van der Waals surface area contributed by atoms with E-state index in [1.165, 1.54) is 0 Å². The van der Waals surface area contributed by atoms with E-state index in [1.54, 1.807) is 6.20 Å². The van der Waals surface area contributed by atoms with Gasteiger partial charge in [-0.15, -0.1) is 0 Å². The Labute approximate surface area is 113 Å². The number of pyridine rings is 1. The number of rotatable bonds is 3. The Morgan fingerprint density at radius 1 is 1.42 bits per heavy atom. The molecule has 3 rings (SSSR count). The van der Waals surface area contributed by atoms with E-state index in [2.05, 4.69) is 23.3 Å². The second kappa shape index (κ2) is 5.05. The predicted octanol–water partition coefficient (Wildman–Crippen LogP) is 2.65. The third-order valence-electron chi connectivity index (χ3n) is 3.88. The van der Waals surface area contributed by atoms with Crippen LogP contribution in [0.1, 0.15) is 13.3 Å². The fraction of sp³-hybridized carbons (Fsp3) is 0.400. The molecule has 0 saturated carbocycles. The zero-order chi connectivity index (χ0) is 13.2. The molecule has 1 fully saturated rings. The minimum Gasteiger partial charge on any atom is -0.396 e. The summed E-state index contributed by atoms with van der Waals surface area (Å²) in [4.78, 5) is 4.35. The van der Waals surface area contributed by atoms with Crippen LogP contribution in [0.15, 0.2) is 30.5 Å². The summed E-state index contributed by atoms with van der Waals surface area (Å²) in [5.74, 6) is 0.548. The molecule has 0 bridgehead atoms. The lowest BCUT2D eigenvalue weighted by molar-refractivity contribution is 0.108. The number of nitrogens with two attached hydrogens (primary N) is 1. The van der Waals surface area contributed by atoms with Crippen LogP contribution in [0.4, 0.5) is 11.4 Å². The second-order valence-electron chi connectivity index (χ2n) is 5.11. The molecule has 1 aliphatic rings. The summed E-state index contributed by atoms with van der Waals surface area (Å²) in [6.45, 7) is 3.88. The Morgan fingerprint density at radius 3 is 3.05 bits per heavy atom. The Balaban J connectivity index is 1.85. The van der Waals surface area contributed by atoms with Gasteiger partial charge in [0.1, 0.15) is 0 Å². The molecule has 100 valence electrons. The molecule has 0 radical (unpaired) electrons. The summed E-state index contributed by atoms with van der Waals surface area (Å²) in [5, 5.41) is 4.56. The van der Waals surface area contributed by atoms with Crippen LogP contribution < -0.4 is 11.1 Å². The molecule has 2 atom stereocenters. The van der Waals surface area contributed by atoms with E-state index in [1.807, 2.05) is 18.2 Å². The summed E-state index contributed by atoms with van der Waals surface area (Å²) in [6.07, 6.45) is 3.15. The number of aromatic nitrogens is 1. The molecule has 4 heteroatoms. The molecule has 0 aliphatic carbocycles. The van der Waals surface area contributed by atoms with Gasteiger partial charge in [-0.2, -0.15) is 0 Å². The molecule has 2 heterocycles. The average Bonchev–Trinajstić information content (AvgIpc) is 2.83. The van der Waals surface area contributed by atoms with E-state index in [0.717, 1.165) is 36.2 Å². The van der Waals surface area contributed by atoms with Crippen molar-refractivity contribution < 1.29 is 4.74 Å². The van der Waals surface area contributed by atoms with Crippen LogP contribution in [-0.2, 0) is 4.74 Å². The van der Waals surface area contributed by atoms with Crippen molar-refractivity contribution in [2.24, 2.45) is 5.92 Å². The van der Waals surface area contributed by atoms with E-state index in [4.69, 9.17) is 10.5 Å². The van der Waals surface area contributed by atoms with Gasteiger partial charge in [0.2, 0.25) is 0 Å². The molecule has 2 aromatic rings. The fourth-order valence-corrected chi connectivity index (χ4v) is 2.63. The Bertz CT molecular complexity index is 585. The molecule has 19 heavy (non-hydrogen) atoms. The second-order valence-corrected chi connectivity index (χ2v) is 5.11. The quantitative estimate of drug-likeness (QED) is 0.887. The molecular formula is C15H19N3O. The Morgan fingerprint density at radius 2 is 2.26 bits per heavy atom. The zero-order valence-electron chi connectivity index (χ0n) is 11.1. The van der Waals surface area contributed by atoms with Gasteiger partial charge in [0.05, 0.1) is 29.2 Å². The van der Waals surface area contributed by atoms with E-state index in [9.17, 15) is 0 Å². The number of nitrogen functional groups attached to an aromatic ring is 1. The van der Waals surface area contributed by atoms with Gasteiger partial charge in [-0.3, -0.25) is 4.98 Å². The van der Waals surface area contributed by atoms with E-state index in [0.29, 0.717) is 17.7 Å². The van der Waals surface area contributed by atoms with E-state index >= 15 is 0 Å². The van der Waals surface area contributed by atoms with E-state index < -0.39 is 0 Å². The minimum absolute atomic E-state index is 0.321. The number of benzene rings is 1. The first-order valence-corrected chi connectivity index (χ1v) is 6.74. The third-order valence-corrected chi connectivity index (χ3v) is 3.88. The first kappa shape index (κ1) is 12.2. The van der Waals surface area contributed by atoms with Crippen LogP contribution in [0.3, 0.4) is 0 Å². The van der Waals surface area contributed by atoms with Crippen molar-refractivity contribution >= 4 is 22.3 Å². The molecule has 1 saturated heterocycles.